The summed E-state index contributed by atoms with van der Waals surface area (Å²) in [6.07, 6.45) is 1.74. The number of carbonyl (C=O) groups is 1. The van der Waals surface area contributed by atoms with Gasteiger partial charge in [-0.05, 0) is 25.1 Å². The summed E-state index contributed by atoms with van der Waals surface area (Å²) in [4.78, 5) is 20.0. The zero-order valence-electron chi connectivity index (χ0n) is 12.9. The van der Waals surface area contributed by atoms with Crippen LogP contribution in [-0.4, -0.2) is 36.1 Å². The lowest BCUT2D eigenvalue weighted by Gasteiger charge is -2.20. The molecule has 3 rings (SSSR count). The van der Waals surface area contributed by atoms with Gasteiger partial charge in [-0.1, -0.05) is 34.1 Å². The molecular formula is C16H19BrN4OS. The highest BCUT2D eigenvalue weighted by Gasteiger charge is 2.18. The number of urea groups is 1. The standard InChI is InChI=1S/C16H19BrN4OS/c1-21-9-7-13-14(10-21)23-16(19-13)20-15(22)18-8-6-11-4-2-3-5-12(11)17/h2-5H,6-10H2,1H3,(H2,18,19,20,22). The van der Waals surface area contributed by atoms with E-state index < -0.39 is 0 Å². The molecule has 0 saturated carbocycles. The van der Waals surface area contributed by atoms with Crippen molar-refractivity contribution in [3.05, 3.63) is 44.9 Å². The molecule has 0 atom stereocenters. The summed E-state index contributed by atoms with van der Waals surface area (Å²) in [5.41, 5.74) is 2.30. The Morgan fingerprint density at radius 3 is 3.09 bits per heavy atom. The van der Waals surface area contributed by atoms with Gasteiger partial charge in [-0.25, -0.2) is 9.78 Å². The molecule has 7 heteroatoms. The Bertz CT molecular complexity index is 703. The second kappa shape index (κ2) is 7.42. The summed E-state index contributed by atoms with van der Waals surface area (Å²) in [6.45, 7) is 2.52. The van der Waals surface area contributed by atoms with E-state index in [0.29, 0.717) is 11.7 Å². The third-order valence-corrected chi connectivity index (χ3v) is 5.55. The lowest BCUT2D eigenvalue weighted by molar-refractivity contribution is 0.252. The maximum atomic E-state index is 12.0. The van der Waals surface area contributed by atoms with E-state index in [1.54, 1.807) is 11.3 Å². The summed E-state index contributed by atoms with van der Waals surface area (Å²) < 4.78 is 1.07. The van der Waals surface area contributed by atoms with Crippen LogP contribution >= 0.6 is 27.3 Å². The van der Waals surface area contributed by atoms with Crippen LogP contribution in [0.25, 0.3) is 0 Å². The van der Waals surface area contributed by atoms with Crippen LogP contribution in [0.3, 0.4) is 0 Å². The normalized spacial score (nSPS) is 14.3. The molecule has 1 aliphatic rings. The van der Waals surface area contributed by atoms with E-state index in [4.69, 9.17) is 0 Å². The van der Waals surface area contributed by atoms with Gasteiger partial charge in [0.2, 0.25) is 0 Å². The minimum absolute atomic E-state index is 0.198. The van der Waals surface area contributed by atoms with Crippen molar-refractivity contribution in [3.8, 4) is 0 Å². The van der Waals surface area contributed by atoms with E-state index in [1.165, 1.54) is 10.4 Å². The topological polar surface area (TPSA) is 57.3 Å². The quantitative estimate of drug-likeness (QED) is 0.836. The van der Waals surface area contributed by atoms with Crippen LogP contribution in [0.5, 0.6) is 0 Å². The molecule has 0 unspecified atom stereocenters. The number of fused-ring (bicyclic) bond motifs is 1. The molecule has 0 radical (unpaired) electrons. The number of thiazole rings is 1. The van der Waals surface area contributed by atoms with E-state index in [2.05, 4.69) is 49.6 Å². The minimum Gasteiger partial charge on any atom is -0.337 e. The molecule has 23 heavy (non-hydrogen) atoms. The highest BCUT2D eigenvalue weighted by Crippen LogP contribution is 2.27. The first-order valence-corrected chi connectivity index (χ1v) is 9.18. The van der Waals surface area contributed by atoms with Gasteiger partial charge in [0.15, 0.2) is 5.13 Å². The summed E-state index contributed by atoms with van der Waals surface area (Å²) in [5, 5.41) is 6.41. The molecule has 2 heterocycles. The number of benzene rings is 1. The molecule has 0 bridgehead atoms. The van der Waals surface area contributed by atoms with Gasteiger partial charge in [-0.15, -0.1) is 11.3 Å². The van der Waals surface area contributed by atoms with Crippen LogP contribution in [0.1, 0.15) is 16.1 Å². The fourth-order valence-corrected chi connectivity index (χ4v) is 4.10. The second-order valence-corrected chi connectivity index (χ2v) is 7.54. The number of hydrogen-bond acceptors (Lipinski definition) is 4. The van der Waals surface area contributed by atoms with E-state index in [9.17, 15) is 4.79 Å². The molecule has 1 aromatic carbocycles. The lowest BCUT2D eigenvalue weighted by atomic mass is 10.1. The molecule has 0 spiro atoms. The van der Waals surface area contributed by atoms with Crippen molar-refractivity contribution in [3.63, 3.8) is 0 Å². The number of carbonyl (C=O) groups excluding carboxylic acids is 1. The van der Waals surface area contributed by atoms with Crippen molar-refractivity contribution in [1.29, 1.82) is 0 Å². The van der Waals surface area contributed by atoms with Gasteiger partial charge < -0.3 is 10.2 Å². The first kappa shape index (κ1) is 16.4. The Hall–Kier alpha value is -1.44. The number of hydrogen-bond donors (Lipinski definition) is 2. The van der Waals surface area contributed by atoms with E-state index >= 15 is 0 Å². The second-order valence-electron chi connectivity index (χ2n) is 5.60. The van der Waals surface area contributed by atoms with Gasteiger partial charge in [0.05, 0.1) is 5.69 Å². The maximum absolute atomic E-state index is 12.0. The Morgan fingerprint density at radius 2 is 2.26 bits per heavy atom. The number of aromatic nitrogens is 1. The minimum atomic E-state index is -0.198. The van der Waals surface area contributed by atoms with Crippen molar-refractivity contribution in [1.82, 2.24) is 15.2 Å². The van der Waals surface area contributed by atoms with Crippen LogP contribution in [0.4, 0.5) is 9.93 Å². The van der Waals surface area contributed by atoms with Gasteiger partial charge in [-0.2, -0.15) is 0 Å². The molecule has 2 aromatic rings. The molecule has 0 aliphatic carbocycles. The highest BCUT2D eigenvalue weighted by atomic mass is 79.9. The van der Waals surface area contributed by atoms with Crippen molar-refractivity contribution in [2.24, 2.45) is 0 Å². The Labute approximate surface area is 148 Å². The van der Waals surface area contributed by atoms with Gasteiger partial charge in [-0.3, -0.25) is 5.32 Å². The zero-order valence-corrected chi connectivity index (χ0v) is 15.3. The summed E-state index contributed by atoms with van der Waals surface area (Å²) in [7, 11) is 2.10. The lowest BCUT2D eigenvalue weighted by Crippen LogP contribution is -2.30. The number of anilines is 1. The van der Waals surface area contributed by atoms with E-state index in [1.807, 2.05) is 18.2 Å². The highest BCUT2D eigenvalue weighted by molar-refractivity contribution is 9.10. The summed E-state index contributed by atoms with van der Waals surface area (Å²) >= 11 is 5.08. The SMILES string of the molecule is CN1CCc2nc(NC(=O)NCCc3ccccc3Br)sc2C1. The third kappa shape index (κ3) is 4.31. The molecule has 0 fully saturated rings. The van der Waals surface area contributed by atoms with Crippen molar-refractivity contribution < 1.29 is 4.79 Å². The van der Waals surface area contributed by atoms with E-state index in [0.717, 1.165) is 36.1 Å². The first-order chi connectivity index (χ1) is 11.1. The molecule has 2 N–H and O–H groups in total. The molecule has 122 valence electrons. The number of nitrogens with one attached hydrogen (secondary N) is 2. The van der Waals surface area contributed by atoms with Crippen LogP contribution in [0, 0.1) is 0 Å². The predicted octanol–water partition coefficient (Wildman–Crippen LogP) is 3.26. The van der Waals surface area contributed by atoms with Gasteiger partial charge in [0.25, 0.3) is 0 Å². The van der Waals surface area contributed by atoms with Crippen molar-refractivity contribution in [2.75, 3.05) is 25.5 Å². The van der Waals surface area contributed by atoms with Gasteiger partial charge >= 0.3 is 6.03 Å². The number of nitrogens with zero attached hydrogens (tertiary/aromatic N) is 2. The smallest absolute Gasteiger partial charge is 0.321 e. The fraction of sp³-hybridized carbons (Fsp3) is 0.375. The van der Waals surface area contributed by atoms with E-state index in [-0.39, 0.29) is 6.03 Å². The Kier molecular flexibility index (Phi) is 5.30. The largest absolute Gasteiger partial charge is 0.337 e. The molecule has 1 aromatic heterocycles. The zero-order chi connectivity index (χ0) is 16.2. The molecule has 0 saturated heterocycles. The number of amides is 2. The van der Waals surface area contributed by atoms with Crippen LogP contribution in [0.15, 0.2) is 28.7 Å². The Balaban J connectivity index is 1.49. The maximum Gasteiger partial charge on any atom is 0.321 e. The molecule has 1 aliphatic heterocycles. The number of halogens is 1. The van der Waals surface area contributed by atoms with Gasteiger partial charge in [0.1, 0.15) is 0 Å². The number of likely N-dealkylation sites (N-methyl/N-ethyl adjacent to an activating group) is 1. The average Bonchev–Trinajstić information content (AvgIpc) is 2.90. The average molecular weight is 395 g/mol. The molecule has 5 nitrogen and oxygen atoms in total. The summed E-state index contributed by atoms with van der Waals surface area (Å²) in [5.74, 6) is 0. The van der Waals surface area contributed by atoms with Crippen molar-refractivity contribution in [2.45, 2.75) is 19.4 Å². The molecular weight excluding hydrogens is 376 g/mol. The predicted molar refractivity (Wildman–Crippen MR) is 97.0 cm³/mol. The fourth-order valence-electron chi connectivity index (χ4n) is 2.53. The Morgan fingerprint density at radius 1 is 1.43 bits per heavy atom. The van der Waals surface area contributed by atoms with Crippen LogP contribution in [-0.2, 0) is 19.4 Å². The van der Waals surface area contributed by atoms with Crippen molar-refractivity contribution >= 4 is 38.4 Å². The first-order valence-electron chi connectivity index (χ1n) is 7.57. The monoisotopic (exact) mass is 394 g/mol. The summed E-state index contributed by atoms with van der Waals surface area (Å²) in [6, 6.07) is 7.84. The third-order valence-electron chi connectivity index (χ3n) is 3.78. The number of rotatable bonds is 4. The van der Waals surface area contributed by atoms with Gasteiger partial charge in [0, 0.05) is 35.4 Å². The molecule has 2 amide bonds. The van der Waals surface area contributed by atoms with Crippen LogP contribution in [0.2, 0.25) is 0 Å². The van der Waals surface area contributed by atoms with Crippen LogP contribution < -0.4 is 10.6 Å².